The van der Waals surface area contributed by atoms with Crippen LogP contribution in [0.1, 0.15) is 67.4 Å². The van der Waals surface area contributed by atoms with Crippen molar-refractivity contribution in [3.63, 3.8) is 0 Å². The number of nitrogens with one attached hydrogen (secondary N) is 1. The Labute approximate surface area is 194 Å². The Balaban J connectivity index is 3.14. The molecule has 0 aliphatic rings. The fourth-order valence-electron chi connectivity index (χ4n) is 2.95. The number of nitro benzene ring substituents is 1. The van der Waals surface area contributed by atoms with E-state index in [9.17, 15) is 24.5 Å². The van der Waals surface area contributed by atoms with Crippen LogP contribution in [-0.4, -0.2) is 40.2 Å². The van der Waals surface area contributed by atoms with Crippen molar-refractivity contribution in [1.29, 1.82) is 0 Å². The van der Waals surface area contributed by atoms with Gasteiger partial charge in [-0.3, -0.25) is 19.7 Å². The van der Waals surface area contributed by atoms with Gasteiger partial charge in [-0.2, -0.15) is 0 Å². The Morgan fingerprint density at radius 2 is 1.64 bits per heavy atom. The second kappa shape index (κ2) is 11.1. The molecular formula is C23H34N2O8. The van der Waals surface area contributed by atoms with Gasteiger partial charge >= 0.3 is 23.7 Å². The largest absolute Gasteiger partial charge is 0.460 e. The third kappa shape index (κ3) is 10.8. The highest BCUT2D eigenvalue weighted by Gasteiger charge is 2.28. The Kier molecular flexibility index (Phi) is 9.38. The van der Waals surface area contributed by atoms with Crippen molar-refractivity contribution in [2.75, 3.05) is 0 Å². The number of hydrogen-bond acceptors (Lipinski definition) is 8. The average molecular weight is 467 g/mol. The lowest BCUT2D eigenvalue weighted by Gasteiger charge is -2.27. The van der Waals surface area contributed by atoms with Crippen molar-refractivity contribution in [3.8, 4) is 5.75 Å². The molecule has 0 aliphatic heterocycles. The Bertz CT molecular complexity index is 883. The molecule has 184 valence electrons. The van der Waals surface area contributed by atoms with E-state index in [1.165, 1.54) is 12.1 Å². The van der Waals surface area contributed by atoms with Crippen LogP contribution in [0.2, 0.25) is 0 Å². The van der Waals surface area contributed by atoms with Crippen LogP contribution in [0.25, 0.3) is 0 Å². The third-order valence-electron chi connectivity index (χ3n) is 4.12. The number of hydrogen-bond donors (Lipinski definition) is 1. The number of ether oxygens (including phenoxy) is 3. The van der Waals surface area contributed by atoms with Crippen LogP contribution < -0.4 is 10.1 Å². The molecule has 1 amide bonds. The summed E-state index contributed by atoms with van der Waals surface area (Å²) >= 11 is 0. The quantitative estimate of drug-likeness (QED) is 0.259. The second-order valence-corrected chi connectivity index (χ2v) is 9.87. The van der Waals surface area contributed by atoms with Crippen LogP contribution in [0.4, 0.5) is 10.5 Å². The SMILES string of the molecule is CC(=O)Oc1ccc(CC(CC(C)C(=O)OC(C)(C)C)NC(=O)OC(C)(C)C)cc1[N+](=O)[O-]. The molecule has 0 fully saturated rings. The normalized spacial score (nSPS) is 13.5. The van der Waals surface area contributed by atoms with Crippen LogP contribution in [0, 0.1) is 16.0 Å². The molecule has 0 saturated heterocycles. The molecular weight excluding hydrogens is 432 g/mol. The van der Waals surface area contributed by atoms with E-state index in [1.54, 1.807) is 54.5 Å². The van der Waals surface area contributed by atoms with E-state index in [0.29, 0.717) is 5.56 Å². The van der Waals surface area contributed by atoms with E-state index < -0.39 is 46.1 Å². The van der Waals surface area contributed by atoms with Gasteiger partial charge in [-0.15, -0.1) is 0 Å². The molecule has 0 heterocycles. The fraction of sp³-hybridized carbons (Fsp3) is 0.609. The number of nitro groups is 1. The van der Waals surface area contributed by atoms with Crippen molar-refractivity contribution in [3.05, 3.63) is 33.9 Å². The molecule has 1 aromatic carbocycles. The number of carbonyl (C=O) groups excluding carboxylic acids is 3. The molecule has 0 spiro atoms. The van der Waals surface area contributed by atoms with Crippen LogP contribution in [0.3, 0.4) is 0 Å². The molecule has 33 heavy (non-hydrogen) atoms. The van der Waals surface area contributed by atoms with Gasteiger partial charge in [0, 0.05) is 19.0 Å². The summed E-state index contributed by atoms with van der Waals surface area (Å²) in [5, 5.41) is 14.2. The van der Waals surface area contributed by atoms with Crippen molar-refractivity contribution in [2.24, 2.45) is 5.92 Å². The first-order valence-corrected chi connectivity index (χ1v) is 10.6. The van der Waals surface area contributed by atoms with Crippen molar-refractivity contribution in [1.82, 2.24) is 5.32 Å². The molecule has 1 rings (SSSR count). The van der Waals surface area contributed by atoms with E-state index in [4.69, 9.17) is 14.2 Å². The van der Waals surface area contributed by atoms with Gasteiger partial charge in [0.1, 0.15) is 11.2 Å². The van der Waals surface area contributed by atoms with E-state index in [1.807, 2.05) is 0 Å². The van der Waals surface area contributed by atoms with Gasteiger partial charge in [-0.05, 0) is 66.0 Å². The topological polar surface area (TPSA) is 134 Å². The van der Waals surface area contributed by atoms with E-state index in [0.717, 1.165) is 6.92 Å². The maximum atomic E-state index is 12.4. The molecule has 2 atom stereocenters. The molecule has 0 bridgehead atoms. The predicted octanol–water partition coefficient (Wildman–Crippen LogP) is 4.32. The van der Waals surface area contributed by atoms with Gasteiger partial charge in [0.25, 0.3) is 0 Å². The zero-order valence-corrected chi connectivity index (χ0v) is 20.5. The summed E-state index contributed by atoms with van der Waals surface area (Å²) in [6.45, 7) is 13.3. The molecule has 0 aliphatic carbocycles. The zero-order chi connectivity index (χ0) is 25.6. The molecule has 0 saturated carbocycles. The summed E-state index contributed by atoms with van der Waals surface area (Å²) in [7, 11) is 0. The van der Waals surface area contributed by atoms with Crippen LogP contribution in [0.15, 0.2) is 18.2 Å². The zero-order valence-electron chi connectivity index (χ0n) is 20.5. The van der Waals surface area contributed by atoms with Gasteiger partial charge in [0.05, 0.1) is 10.8 Å². The molecule has 2 unspecified atom stereocenters. The number of carbonyl (C=O) groups is 3. The number of benzene rings is 1. The monoisotopic (exact) mass is 466 g/mol. The Morgan fingerprint density at radius 1 is 1.06 bits per heavy atom. The lowest BCUT2D eigenvalue weighted by atomic mass is 9.95. The van der Waals surface area contributed by atoms with Gasteiger partial charge in [0.15, 0.2) is 0 Å². The maximum Gasteiger partial charge on any atom is 0.407 e. The molecule has 10 heteroatoms. The predicted molar refractivity (Wildman–Crippen MR) is 121 cm³/mol. The minimum absolute atomic E-state index is 0.171. The highest BCUT2D eigenvalue weighted by atomic mass is 16.6. The fourth-order valence-corrected chi connectivity index (χ4v) is 2.95. The Morgan fingerprint density at radius 3 is 2.12 bits per heavy atom. The van der Waals surface area contributed by atoms with Gasteiger partial charge in [-0.25, -0.2) is 4.79 Å². The van der Waals surface area contributed by atoms with Crippen molar-refractivity contribution in [2.45, 2.75) is 85.5 Å². The van der Waals surface area contributed by atoms with E-state index in [-0.39, 0.29) is 24.3 Å². The smallest absolute Gasteiger partial charge is 0.407 e. The number of amides is 1. The lowest BCUT2D eigenvalue weighted by molar-refractivity contribution is -0.385. The van der Waals surface area contributed by atoms with Crippen molar-refractivity contribution < 1.29 is 33.5 Å². The van der Waals surface area contributed by atoms with Crippen LogP contribution in [-0.2, 0) is 25.5 Å². The molecule has 10 nitrogen and oxygen atoms in total. The summed E-state index contributed by atoms with van der Waals surface area (Å²) in [5.41, 5.74) is -1.25. The van der Waals surface area contributed by atoms with Crippen LogP contribution in [0.5, 0.6) is 5.75 Å². The number of nitrogens with zero attached hydrogens (tertiary/aromatic N) is 1. The van der Waals surface area contributed by atoms with Crippen molar-refractivity contribution >= 4 is 23.7 Å². The summed E-state index contributed by atoms with van der Waals surface area (Å²) in [6.07, 6.45) is -0.281. The highest BCUT2D eigenvalue weighted by molar-refractivity contribution is 5.73. The summed E-state index contributed by atoms with van der Waals surface area (Å²) in [6, 6.07) is 3.59. The number of esters is 2. The molecule has 0 radical (unpaired) electrons. The van der Waals surface area contributed by atoms with E-state index in [2.05, 4.69) is 5.32 Å². The second-order valence-electron chi connectivity index (χ2n) is 9.87. The number of alkyl carbamates (subject to hydrolysis) is 1. The Hall–Kier alpha value is -3.17. The van der Waals surface area contributed by atoms with Gasteiger partial charge < -0.3 is 19.5 Å². The highest BCUT2D eigenvalue weighted by Crippen LogP contribution is 2.29. The minimum Gasteiger partial charge on any atom is -0.460 e. The standard InChI is InChI=1S/C23H34N2O8/c1-14(20(27)32-22(3,4)5)11-17(24-21(28)33-23(6,7)8)12-16-9-10-19(31-15(2)26)18(13-16)25(29)30/h9-10,13-14,17H,11-12H2,1-8H3,(H,24,28). The maximum absolute atomic E-state index is 12.4. The molecule has 0 aromatic heterocycles. The first kappa shape index (κ1) is 27.9. The summed E-state index contributed by atoms with van der Waals surface area (Å²) < 4.78 is 15.6. The molecule has 1 N–H and O–H groups in total. The van der Waals surface area contributed by atoms with Gasteiger partial charge in [0.2, 0.25) is 5.75 Å². The summed E-state index contributed by atoms with van der Waals surface area (Å²) in [4.78, 5) is 46.8. The van der Waals surface area contributed by atoms with Crippen LogP contribution >= 0.6 is 0 Å². The average Bonchev–Trinajstić information content (AvgIpc) is 2.59. The van der Waals surface area contributed by atoms with Gasteiger partial charge in [-0.1, -0.05) is 13.0 Å². The third-order valence-corrected chi connectivity index (χ3v) is 4.12. The minimum atomic E-state index is -0.726. The number of rotatable bonds is 8. The lowest BCUT2D eigenvalue weighted by Crippen LogP contribution is -2.42. The first-order valence-electron chi connectivity index (χ1n) is 10.6. The van der Waals surface area contributed by atoms with E-state index >= 15 is 0 Å². The molecule has 1 aromatic rings. The first-order chi connectivity index (χ1) is 15.0. The summed E-state index contributed by atoms with van der Waals surface area (Å²) in [5.74, 6) is -1.83.